The van der Waals surface area contributed by atoms with Crippen molar-refractivity contribution in [3.8, 4) is 17.2 Å². The summed E-state index contributed by atoms with van der Waals surface area (Å²) >= 11 is 1.77. The third kappa shape index (κ3) is 4.74. The van der Waals surface area contributed by atoms with Crippen molar-refractivity contribution in [3.63, 3.8) is 0 Å². The van der Waals surface area contributed by atoms with Crippen molar-refractivity contribution in [2.24, 2.45) is 0 Å². The normalized spacial score (nSPS) is 16.9. The maximum atomic E-state index is 5.82. The van der Waals surface area contributed by atoms with E-state index in [9.17, 15) is 0 Å². The third-order valence-corrected chi connectivity index (χ3v) is 5.48. The number of benzene rings is 1. The van der Waals surface area contributed by atoms with Crippen molar-refractivity contribution in [3.05, 3.63) is 52.5 Å². The Hall–Kier alpha value is -2.22. The molecule has 1 atom stereocenters. The summed E-state index contributed by atoms with van der Waals surface area (Å²) in [4.78, 5) is 8.25. The number of hydrogen-bond acceptors (Lipinski definition) is 7. The highest BCUT2D eigenvalue weighted by Gasteiger charge is 2.21. The summed E-state index contributed by atoms with van der Waals surface area (Å²) in [6, 6.07) is 11.9. The second-order valence-electron chi connectivity index (χ2n) is 6.63. The first kappa shape index (κ1) is 18.2. The second kappa shape index (κ2) is 8.65. The van der Waals surface area contributed by atoms with Crippen molar-refractivity contribution in [2.45, 2.75) is 32.0 Å². The standard InChI is InChI=1S/C20H23N3O3S/c1-24-16-8-6-15(7-9-16)20-21-19(22-26-20)14-23(12-17-4-2-10-25-17)13-18-5-3-11-27-18/h3,5-9,11,17H,2,4,10,12-14H2,1H3. The van der Waals surface area contributed by atoms with Gasteiger partial charge in [-0.05, 0) is 48.6 Å². The van der Waals surface area contributed by atoms with Gasteiger partial charge in [0.1, 0.15) is 5.75 Å². The van der Waals surface area contributed by atoms with Crippen LogP contribution in [0.3, 0.4) is 0 Å². The highest BCUT2D eigenvalue weighted by Crippen LogP contribution is 2.22. The van der Waals surface area contributed by atoms with Crippen molar-refractivity contribution >= 4 is 11.3 Å². The average Bonchev–Trinajstić information content (AvgIpc) is 3.45. The Bertz CT molecular complexity index is 827. The summed E-state index contributed by atoms with van der Waals surface area (Å²) in [5.41, 5.74) is 0.887. The van der Waals surface area contributed by atoms with Crippen LogP contribution in [0, 0.1) is 0 Å². The Morgan fingerprint density at radius 1 is 1.22 bits per heavy atom. The Labute approximate surface area is 162 Å². The zero-order valence-corrected chi connectivity index (χ0v) is 16.2. The zero-order chi connectivity index (χ0) is 18.5. The first-order valence-corrected chi connectivity index (χ1v) is 10.0. The number of methoxy groups -OCH3 is 1. The lowest BCUT2D eigenvalue weighted by molar-refractivity contribution is 0.0671. The van der Waals surface area contributed by atoms with Gasteiger partial charge in [-0.3, -0.25) is 4.90 Å². The number of aromatic nitrogens is 2. The Kier molecular flexibility index (Phi) is 5.81. The van der Waals surface area contributed by atoms with E-state index >= 15 is 0 Å². The van der Waals surface area contributed by atoms with Crippen LogP contribution in [-0.2, 0) is 17.8 Å². The molecule has 142 valence electrons. The molecule has 3 aromatic rings. The summed E-state index contributed by atoms with van der Waals surface area (Å²) < 4.78 is 16.5. The molecule has 27 heavy (non-hydrogen) atoms. The molecule has 0 saturated carbocycles. The van der Waals surface area contributed by atoms with Gasteiger partial charge in [-0.1, -0.05) is 11.2 Å². The van der Waals surface area contributed by atoms with E-state index in [-0.39, 0.29) is 6.10 Å². The molecule has 0 aliphatic carbocycles. The lowest BCUT2D eigenvalue weighted by Crippen LogP contribution is -2.31. The van der Waals surface area contributed by atoms with E-state index in [4.69, 9.17) is 14.0 Å². The van der Waals surface area contributed by atoms with Gasteiger partial charge < -0.3 is 14.0 Å². The van der Waals surface area contributed by atoms with Gasteiger partial charge in [0.05, 0.1) is 19.8 Å². The number of ether oxygens (including phenoxy) is 2. The molecule has 0 radical (unpaired) electrons. The molecule has 3 heterocycles. The minimum atomic E-state index is 0.290. The van der Waals surface area contributed by atoms with Gasteiger partial charge in [0, 0.05) is 30.1 Å². The van der Waals surface area contributed by atoms with Crippen molar-refractivity contribution in [1.82, 2.24) is 15.0 Å². The number of thiophene rings is 1. The van der Waals surface area contributed by atoms with Gasteiger partial charge >= 0.3 is 0 Å². The Morgan fingerprint density at radius 3 is 2.81 bits per heavy atom. The van der Waals surface area contributed by atoms with E-state index in [1.807, 2.05) is 24.3 Å². The van der Waals surface area contributed by atoms with Crippen molar-refractivity contribution in [2.75, 3.05) is 20.3 Å². The van der Waals surface area contributed by atoms with Gasteiger partial charge in [0.15, 0.2) is 5.82 Å². The molecular formula is C20H23N3O3S. The van der Waals surface area contributed by atoms with Gasteiger partial charge in [0.25, 0.3) is 5.89 Å². The molecule has 6 nitrogen and oxygen atoms in total. The molecular weight excluding hydrogens is 362 g/mol. The summed E-state index contributed by atoms with van der Waals surface area (Å²) in [7, 11) is 1.65. The van der Waals surface area contributed by atoms with E-state index in [1.165, 1.54) is 4.88 Å². The van der Waals surface area contributed by atoms with Crippen LogP contribution in [0.4, 0.5) is 0 Å². The summed E-state index contributed by atoms with van der Waals surface area (Å²) in [6.07, 6.45) is 2.55. The monoisotopic (exact) mass is 385 g/mol. The van der Waals surface area contributed by atoms with Crippen LogP contribution in [0.1, 0.15) is 23.5 Å². The van der Waals surface area contributed by atoms with Crippen LogP contribution in [0.5, 0.6) is 5.75 Å². The predicted molar refractivity (Wildman–Crippen MR) is 104 cm³/mol. The maximum absolute atomic E-state index is 5.82. The molecule has 1 unspecified atom stereocenters. The number of hydrogen-bond donors (Lipinski definition) is 0. The predicted octanol–water partition coefficient (Wildman–Crippen LogP) is 3.99. The Morgan fingerprint density at radius 2 is 2.11 bits per heavy atom. The lowest BCUT2D eigenvalue weighted by atomic mass is 10.2. The third-order valence-electron chi connectivity index (χ3n) is 4.62. The molecule has 0 bridgehead atoms. The van der Waals surface area contributed by atoms with Crippen LogP contribution in [0.25, 0.3) is 11.5 Å². The first-order chi connectivity index (χ1) is 13.3. The van der Waals surface area contributed by atoms with Gasteiger partial charge in [-0.2, -0.15) is 4.98 Å². The fraction of sp³-hybridized carbons (Fsp3) is 0.400. The molecule has 1 saturated heterocycles. The molecule has 7 heteroatoms. The highest BCUT2D eigenvalue weighted by molar-refractivity contribution is 7.09. The lowest BCUT2D eigenvalue weighted by Gasteiger charge is -2.23. The fourth-order valence-electron chi connectivity index (χ4n) is 3.25. The summed E-state index contributed by atoms with van der Waals surface area (Å²) in [5, 5.41) is 6.29. The van der Waals surface area contributed by atoms with E-state index < -0.39 is 0 Å². The Balaban J connectivity index is 1.45. The smallest absolute Gasteiger partial charge is 0.257 e. The van der Waals surface area contributed by atoms with Gasteiger partial charge in [0.2, 0.25) is 0 Å². The van der Waals surface area contributed by atoms with Gasteiger partial charge in [-0.25, -0.2) is 0 Å². The largest absolute Gasteiger partial charge is 0.497 e. The average molecular weight is 385 g/mol. The molecule has 2 aromatic heterocycles. The van der Waals surface area contributed by atoms with Crippen LogP contribution in [0.15, 0.2) is 46.3 Å². The SMILES string of the molecule is COc1ccc(-c2nc(CN(Cc3cccs3)CC3CCCO3)no2)cc1. The number of nitrogens with zero attached hydrogens (tertiary/aromatic N) is 3. The molecule has 4 rings (SSSR count). The minimum absolute atomic E-state index is 0.290. The molecule has 1 aliphatic rings. The van der Waals surface area contributed by atoms with Gasteiger partial charge in [-0.15, -0.1) is 11.3 Å². The van der Waals surface area contributed by atoms with Crippen LogP contribution in [0.2, 0.25) is 0 Å². The molecule has 0 amide bonds. The first-order valence-electron chi connectivity index (χ1n) is 9.13. The van der Waals surface area contributed by atoms with Crippen LogP contribution < -0.4 is 4.74 Å². The molecule has 1 fully saturated rings. The minimum Gasteiger partial charge on any atom is -0.497 e. The van der Waals surface area contributed by atoms with E-state index in [2.05, 4.69) is 32.6 Å². The van der Waals surface area contributed by atoms with E-state index in [1.54, 1.807) is 18.4 Å². The quantitative estimate of drug-likeness (QED) is 0.584. The summed E-state index contributed by atoms with van der Waals surface area (Å²) in [5.74, 6) is 2.02. The van der Waals surface area contributed by atoms with Crippen molar-refractivity contribution < 1.29 is 14.0 Å². The molecule has 1 aliphatic heterocycles. The molecule has 0 N–H and O–H groups in total. The second-order valence-corrected chi connectivity index (χ2v) is 7.66. The topological polar surface area (TPSA) is 60.6 Å². The maximum Gasteiger partial charge on any atom is 0.257 e. The fourth-order valence-corrected chi connectivity index (χ4v) is 4.00. The van der Waals surface area contributed by atoms with E-state index in [0.717, 1.165) is 43.9 Å². The highest BCUT2D eigenvalue weighted by atomic mass is 32.1. The van der Waals surface area contributed by atoms with Crippen LogP contribution in [-0.4, -0.2) is 41.4 Å². The molecule has 1 aromatic carbocycles. The summed E-state index contributed by atoms with van der Waals surface area (Å²) in [6.45, 7) is 3.24. The zero-order valence-electron chi connectivity index (χ0n) is 15.3. The molecule has 0 spiro atoms. The van der Waals surface area contributed by atoms with Crippen LogP contribution >= 0.6 is 11.3 Å². The van der Waals surface area contributed by atoms with E-state index in [0.29, 0.717) is 18.3 Å². The number of rotatable bonds is 8. The van der Waals surface area contributed by atoms with Crippen molar-refractivity contribution in [1.29, 1.82) is 0 Å².